The normalized spacial score (nSPS) is 12.2. The Balaban J connectivity index is 1.24. The van der Waals surface area contributed by atoms with Crippen molar-refractivity contribution in [2.75, 3.05) is 4.90 Å². The van der Waals surface area contributed by atoms with Gasteiger partial charge in [-0.05, 0) is 62.4 Å². The van der Waals surface area contributed by atoms with E-state index in [0.29, 0.717) is 27.5 Å². The molecule has 9 aromatic rings. The van der Waals surface area contributed by atoms with E-state index in [0.717, 1.165) is 72.1 Å². The average Bonchev–Trinajstić information content (AvgIpc) is 3.92. The first-order valence-electron chi connectivity index (χ1n) is 15.1. The molecule has 0 saturated heterocycles. The Bertz CT molecular complexity index is 2820. The van der Waals surface area contributed by atoms with Gasteiger partial charge >= 0.3 is 0 Å². The molecule has 0 aliphatic rings. The van der Waals surface area contributed by atoms with Gasteiger partial charge in [-0.25, -0.2) is 4.99 Å². The lowest BCUT2D eigenvalue weighted by Gasteiger charge is -2.24. The summed E-state index contributed by atoms with van der Waals surface area (Å²) in [6.07, 6.45) is 0. The van der Waals surface area contributed by atoms with E-state index in [1.165, 1.54) is 11.1 Å². The fraction of sp³-hybridized carbons (Fsp3) is 0.0541. The molecule has 0 N–H and O–H groups in total. The Morgan fingerprint density at radius 1 is 0.583 bits per heavy atom. The topological polar surface area (TPSA) is 101 Å². The number of thiophene rings is 1. The third-order valence-electron chi connectivity index (χ3n) is 8.59. The van der Waals surface area contributed by atoms with Crippen molar-refractivity contribution in [3.63, 3.8) is 0 Å². The van der Waals surface area contributed by atoms with E-state index in [2.05, 4.69) is 94.2 Å². The van der Waals surface area contributed by atoms with Crippen LogP contribution in [0.3, 0.4) is 0 Å². The molecule has 8 nitrogen and oxygen atoms in total. The second-order valence-electron chi connectivity index (χ2n) is 11.6. The van der Waals surface area contributed by atoms with Crippen molar-refractivity contribution < 1.29 is 0 Å². The summed E-state index contributed by atoms with van der Waals surface area (Å²) >= 11 is 3.92. The van der Waals surface area contributed by atoms with E-state index in [1.54, 1.807) is 35.6 Å². The molecule has 0 spiro atoms. The zero-order chi connectivity index (χ0) is 32.5. The molecule has 9 rings (SSSR count). The first-order chi connectivity index (χ1) is 23.4. The van der Waals surface area contributed by atoms with Crippen LogP contribution in [-0.2, 0) is 0 Å². The van der Waals surface area contributed by atoms with Crippen LogP contribution < -0.4 is 21.1 Å². The molecular formula is C37H22N6O2S3. The Labute approximate surface area is 284 Å². The number of hydrogen-bond acceptors (Lipinski definition) is 11. The van der Waals surface area contributed by atoms with Gasteiger partial charge in [0.1, 0.15) is 32.4 Å². The molecular weight excluding hydrogens is 657 g/mol. The molecule has 0 atom stereocenters. The van der Waals surface area contributed by atoms with Gasteiger partial charge in [0.05, 0.1) is 29.1 Å². The fourth-order valence-electron chi connectivity index (χ4n) is 6.17. The van der Waals surface area contributed by atoms with Crippen molar-refractivity contribution >= 4 is 100 Å². The van der Waals surface area contributed by atoms with Crippen LogP contribution in [0.4, 0.5) is 22.1 Å². The van der Waals surface area contributed by atoms with Gasteiger partial charge in [0.2, 0.25) is 5.43 Å². The zero-order valence-corrected chi connectivity index (χ0v) is 27.9. The smallest absolute Gasteiger partial charge is 0.252 e. The number of nitrogens with zero attached hydrogens (tertiary/aromatic N) is 6. The predicted octanol–water partition coefficient (Wildman–Crippen LogP) is 8.65. The summed E-state index contributed by atoms with van der Waals surface area (Å²) in [5.41, 5.74) is 7.53. The molecule has 3 heterocycles. The van der Waals surface area contributed by atoms with Crippen molar-refractivity contribution in [2.24, 2.45) is 4.99 Å². The minimum atomic E-state index is -0.623. The van der Waals surface area contributed by atoms with Gasteiger partial charge in [-0.15, -0.1) is 11.3 Å². The van der Waals surface area contributed by atoms with Crippen LogP contribution in [0.15, 0.2) is 112 Å². The molecule has 0 fully saturated rings. The summed E-state index contributed by atoms with van der Waals surface area (Å²) in [5, 5.41) is 3.76. The maximum absolute atomic E-state index is 13.0. The lowest BCUT2D eigenvalue weighted by Crippen LogP contribution is -2.30. The highest BCUT2D eigenvalue weighted by Crippen LogP contribution is 2.45. The number of hydrogen-bond donors (Lipinski definition) is 0. The van der Waals surface area contributed by atoms with Gasteiger partial charge in [0.25, 0.3) is 5.43 Å². The molecule has 0 aliphatic heterocycles. The Morgan fingerprint density at radius 3 is 1.85 bits per heavy atom. The summed E-state index contributed by atoms with van der Waals surface area (Å²) in [7, 11) is 0. The third kappa shape index (κ3) is 4.50. The van der Waals surface area contributed by atoms with Crippen LogP contribution in [0.1, 0.15) is 11.1 Å². The maximum Gasteiger partial charge on any atom is 0.252 e. The number of anilines is 3. The molecule has 0 bridgehead atoms. The molecule has 0 radical (unpaired) electrons. The van der Waals surface area contributed by atoms with Gasteiger partial charge in [-0.3, -0.25) is 9.59 Å². The molecule has 3 aromatic heterocycles. The number of rotatable bonds is 5. The first kappa shape index (κ1) is 28.7. The number of aromatic nitrogens is 4. The largest absolute Gasteiger partial charge is 0.302 e. The van der Waals surface area contributed by atoms with E-state index in [9.17, 15) is 9.59 Å². The lowest BCUT2D eigenvalue weighted by molar-refractivity contribution is 1.29. The fourth-order valence-corrected chi connectivity index (χ4v) is 8.38. The monoisotopic (exact) mass is 678 g/mol. The molecule has 6 aromatic carbocycles. The van der Waals surface area contributed by atoms with E-state index >= 15 is 0 Å². The highest BCUT2D eigenvalue weighted by molar-refractivity contribution is 7.19. The second-order valence-corrected chi connectivity index (χ2v) is 13.8. The summed E-state index contributed by atoms with van der Waals surface area (Å²) in [6, 6.07) is 32.3. The highest BCUT2D eigenvalue weighted by atomic mass is 32.1. The number of benzene rings is 5. The zero-order valence-electron chi connectivity index (χ0n) is 25.5. The third-order valence-corrected chi connectivity index (χ3v) is 10.7. The van der Waals surface area contributed by atoms with Crippen molar-refractivity contribution in [2.45, 2.75) is 13.8 Å². The van der Waals surface area contributed by atoms with Crippen LogP contribution in [0.2, 0.25) is 0 Å². The number of fused-ring (bicyclic) bond motifs is 6. The lowest BCUT2D eigenvalue weighted by atomic mass is 10.0. The van der Waals surface area contributed by atoms with Gasteiger partial charge in [-0.1, -0.05) is 59.7 Å². The SMILES string of the molecule is Cc1ccc(N(c2ccc(C)cc2)c2ccc(-c3cc4c(cc(N=c5c(=O)c(=O)c6ccccc56)c5nsnc54)c4nsnc34)s2)cc1. The van der Waals surface area contributed by atoms with Crippen molar-refractivity contribution in [1.82, 2.24) is 17.5 Å². The summed E-state index contributed by atoms with van der Waals surface area (Å²) in [5.74, 6) is 0. The van der Waals surface area contributed by atoms with E-state index in [4.69, 9.17) is 13.7 Å². The van der Waals surface area contributed by atoms with Crippen molar-refractivity contribution in [3.05, 3.63) is 134 Å². The molecule has 48 heavy (non-hydrogen) atoms. The van der Waals surface area contributed by atoms with Gasteiger partial charge in [-0.2, -0.15) is 17.5 Å². The highest BCUT2D eigenvalue weighted by Gasteiger charge is 2.21. The Morgan fingerprint density at radius 2 is 1.17 bits per heavy atom. The van der Waals surface area contributed by atoms with Gasteiger partial charge in [0.15, 0.2) is 0 Å². The van der Waals surface area contributed by atoms with Crippen LogP contribution >= 0.6 is 34.8 Å². The average molecular weight is 679 g/mol. The number of aryl methyl sites for hydroxylation is 2. The van der Waals surface area contributed by atoms with Crippen LogP contribution in [0.25, 0.3) is 54.1 Å². The van der Waals surface area contributed by atoms with Crippen LogP contribution in [-0.4, -0.2) is 17.5 Å². The summed E-state index contributed by atoms with van der Waals surface area (Å²) < 4.78 is 18.7. The van der Waals surface area contributed by atoms with Gasteiger partial charge in [0, 0.05) is 43.4 Å². The molecule has 0 amide bonds. The Hall–Kier alpha value is -5.49. The van der Waals surface area contributed by atoms with Crippen molar-refractivity contribution in [3.8, 4) is 10.4 Å². The van der Waals surface area contributed by atoms with Crippen molar-refractivity contribution in [1.29, 1.82) is 0 Å². The van der Waals surface area contributed by atoms with Crippen LogP contribution in [0.5, 0.6) is 0 Å². The molecule has 11 heteroatoms. The molecule has 0 saturated carbocycles. The first-order valence-corrected chi connectivity index (χ1v) is 17.4. The van der Waals surface area contributed by atoms with Crippen LogP contribution in [0, 0.1) is 13.8 Å². The van der Waals surface area contributed by atoms with E-state index < -0.39 is 10.9 Å². The predicted molar refractivity (Wildman–Crippen MR) is 197 cm³/mol. The Kier molecular flexibility index (Phi) is 6.61. The molecule has 0 unspecified atom stereocenters. The van der Waals surface area contributed by atoms with E-state index in [-0.39, 0.29) is 5.36 Å². The van der Waals surface area contributed by atoms with E-state index in [1.807, 2.05) is 6.07 Å². The standard InChI is InChI=1S/C37H22N6O2S3/c1-19-7-11-21(12-8-19)43(22-13-9-20(2)10-14-22)30-16-15-29(46-30)27-17-25-26(31-33(27)41-47-39-31)18-28(35-32(25)40-48-42-35)38-34-23-5-3-4-6-24(23)36(44)37(34)45/h3-18H,1-2H3. The minimum Gasteiger partial charge on any atom is -0.302 e. The second kappa shape index (κ2) is 11.1. The summed E-state index contributed by atoms with van der Waals surface area (Å²) in [4.78, 5) is 33.8. The quantitative estimate of drug-likeness (QED) is 0.168. The molecule has 0 aliphatic carbocycles. The molecule has 230 valence electrons. The summed E-state index contributed by atoms with van der Waals surface area (Å²) in [6.45, 7) is 4.18. The maximum atomic E-state index is 13.0. The minimum absolute atomic E-state index is 0.117. The van der Waals surface area contributed by atoms with Gasteiger partial charge < -0.3 is 4.90 Å².